The van der Waals surface area contributed by atoms with Crippen LogP contribution in [0.1, 0.15) is 33.5 Å². The number of fused-ring (bicyclic) bond motifs is 2. The van der Waals surface area contributed by atoms with E-state index in [0.717, 1.165) is 23.4 Å². The number of aryl methyl sites for hydroxylation is 2. The fourth-order valence-electron chi connectivity index (χ4n) is 3.52. The molecule has 2 heterocycles. The van der Waals surface area contributed by atoms with E-state index in [-0.39, 0.29) is 42.3 Å². The van der Waals surface area contributed by atoms with Gasteiger partial charge < -0.3 is 24.0 Å². The molecule has 3 aromatic rings. The van der Waals surface area contributed by atoms with Gasteiger partial charge in [0.25, 0.3) is 17.6 Å². The molecule has 5 nitrogen and oxygen atoms in total. The molecule has 1 aromatic heterocycles. The summed E-state index contributed by atoms with van der Waals surface area (Å²) in [6, 6.07) is 12.7. The van der Waals surface area contributed by atoms with E-state index in [2.05, 4.69) is 4.57 Å². The first-order chi connectivity index (χ1) is 12.0. The van der Waals surface area contributed by atoms with Gasteiger partial charge in [-0.15, -0.1) is 0 Å². The number of benzene rings is 2. The summed E-state index contributed by atoms with van der Waals surface area (Å²) >= 11 is 6.15. The van der Waals surface area contributed by atoms with Gasteiger partial charge in [0.1, 0.15) is 6.54 Å². The summed E-state index contributed by atoms with van der Waals surface area (Å²) in [7, 11) is 1.94. The summed E-state index contributed by atoms with van der Waals surface area (Å²) in [5.41, 5.74) is 2.94. The lowest BCUT2D eigenvalue weighted by molar-refractivity contribution is -0.654. The fourth-order valence-corrected chi connectivity index (χ4v) is 3.69. The van der Waals surface area contributed by atoms with Gasteiger partial charge >= 0.3 is 0 Å². The van der Waals surface area contributed by atoms with Crippen molar-refractivity contribution in [2.75, 3.05) is 0 Å². The molecule has 1 aliphatic heterocycles. The van der Waals surface area contributed by atoms with E-state index in [1.807, 2.05) is 36.7 Å². The third kappa shape index (κ3) is 2.72. The fraction of sp³-hybridized carbons (Fsp3) is 0.211. The Bertz CT molecular complexity index is 1010. The van der Waals surface area contributed by atoms with Crippen molar-refractivity contribution in [1.29, 1.82) is 0 Å². The first-order valence-electron chi connectivity index (χ1n) is 8.14. The van der Waals surface area contributed by atoms with E-state index in [1.165, 1.54) is 4.90 Å². The largest absolute Gasteiger partial charge is 1.00 e. The highest BCUT2D eigenvalue weighted by Gasteiger charge is 2.38. The molecule has 1 aliphatic rings. The zero-order valence-corrected chi connectivity index (χ0v) is 17.3. The first-order valence-corrected chi connectivity index (χ1v) is 8.52. The van der Waals surface area contributed by atoms with Gasteiger partial charge in [0.2, 0.25) is 0 Å². The van der Waals surface area contributed by atoms with Gasteiger partial charge in [0, 0.05) is 11.1 Å². The van der Waals surface area contributed by atoms with Crippen molar-refractivity contribution in [3.63, 3.8) is 0 Å². The van der Waals surface area contributed by atoms with E-state index in [0.29, 0.717) is 16.1 Å². The lowest BCUT2D eigenvalue weighted by Crippen LogP contribution is -3.00. The molecule has 2 amide bonds. The molecule has 0 fully saturated rings. The normalized spacial score (nSPS) is 13.3. The van der Waals surface area contributed by atoms with Gasteiger partial charge in [-0.2, -0.15) is 0 Å². The van der Waals surface area contributed by atoms with Crippen molar-refractivity contribution in [2.24, 2.45) is 7.05 Å². The maximum atomic E-state index is 12.7. The molecule has 26 heavy (non-hydrogen) atoms. The second-order valence-electron chi connectivity index (χ2n) is 6.09. The Balaban J connectivity index is 0.00000196. The van der Waals surface area contributed by atoms with Crippen LogP contribution in [0.15, 0.2) is 42.5 Å². The number of hydrogen-bond donors (Lipinski definition) is 0. The maximum Gasteiger partial charge on any atom is 0.277 e. The predicted octanol–water partition coefficient (Wildman–Crippen LogP) is -0.0607. The van der Waals surface area contributed by atoms with Crippen LogP contribution in [-0.4, -0.2) is 21.3 Å². The number of amides is 2. The van der Waals surface area contributed by atoms with Crippen molar-refractivity contribution in [3.05, 3.63) is 64.4 Å². The highest BCUT2D eigenvalue weighted by atomic mass is 127. The lowest BCUT2D eigenvalue weighted by Gasteiger charge is -2.12. The summed E-state index contributed by atoms with van der Waals surface area (Å²) in [5, 5.41) is 0.660. The first kappa shape index (κ1) is 18.8. The van der Waals surface area contributed by atoms with Gasteiger partial charge in [0.15, 0.2) is 11.0 Å². The zero-order chi connectivity index (χ0) is 17.7. The molecule has 0 radical (unpaired) electrons. The van der Waals surface area contributed by atoms with Crippen LogP contribution in [0, 0.1) is 0 Å². The number of imidazole rings is 1. The smallest absolute Gasteiger partial charge is 0.277 e. The number of nitrogens with zero attached hydrogens (tertiary/aromatic N) is 3. The van der Waals surface area contributed by atoms with Crippen LogP contribution in [0.5, 0.6) is 0 Å². The molecule has 2 aromatic carbocycles. The molecule has 0 bridgehead atoms. The Morgan fingerprint density at radius 1 is 1.04 bits per heavy atom. The molecule has 134 valence electrons. The topological polar surface area (TPSA) is 46.2 Å². The number of hydrogen-bond acceptors (Lipinski definition) is 2. The Hall–Kier alpha value is -1.93. The highest BCUT2D eigenvalue weighted by Crippen LogP contribution is 2.25. The Kier molecular flexibility index (Phi) is 5.07. The lowest BCUT2D eigenvalue weighted by atomic mass is 10.1. The van der Waals surface area contributed by atoms with Crippen molar-refractivity contribution in [2.45, 2.75) is 20.0 Å². The Morgan fingerprint density at radius 3 is 2.23 bits per heavy atom. The molecule has 0 N–H and O–H groups in total. The SMILES string of the molecule is CCn1c(CN2C(=O)c3ccccc3C2=O)[n+](C)c2ccc(Cl)cc21.[I-]. The van der Waals surface area contributed by atoms with Crippen LogP contribution in [0.3, 0.4) is 0 Å². The second-order valence-corrected chi connectivity index (χ2v) is 6.53. The van der Waals surface area contributed by atoms with E-state index in [1.54, 1.807) is 24.3 Å². The summed E-state index contributed by atoms with van der Waals surface area (Å²) in [5.74, 6) is 0.396. The van der Waals surface area contributed by atoms with Crippen LogP contribution in [-0.2, 0) is 20.1 Å². The van der Waals surface area contributed by atoms with E-state index in [4.69, 9.17) is 11.6 Å². The average molecular weight is 482 g/mol. The summed E-state index contributed by atoms with van der Waals surface area (Å²) in [6.45, 7) is 2.98. The van der Waals surface area contributed by atoms with Gasteiger partial charge in [-0.25, -0.2) is 9.13 Å². The minimum atomic E-state index is -0.244. The minimum absolute atomic E-state index is 0. The van der Waals surface area contributed by atoms with E-state index in [9.17, 15) is 9.59 Å². The van der Waals surface area contributed by atoms with Gasteiger partial charge in [0.05, 0.1) is 24.7 Å². The zero-order valence-electron chi connectivity index (χ0n) is 14.4. The third-order valence-corrected chi connectivity index (χ3v) is 5.02. The average Bonchev–Trinajstić information content (AvgIpc) is 3.01. The molecule has 0 aliphatic carbocycles. The standard InChI is InChI=1S/C19H17ClN3O2.HI/c1-3-22-16-10-12(20)8-9-15(16)21(2)17(22)11-23-18(24)13-6-4-5-7-14(13)19(23)25;/h4-10H,3,11H2,1-2H3;1H/q+1;/p-1. The van der Waals surface area contributed by atoms with Crippen molar-refractivity contribution < 1.29 is 38.1 Å². The molecular formula is C19H17ClIN3O2. The summed E-state index contributed by atoms with van der Waals surface area (Å²) in [4.78, 5) is 26.6. The second kappa shape index (κ2) is 7.00. The van der Waals surface area contributed by atoms with Crippen molar-refractivity contribution in [3.8, 4) is 0 Å². The summed E-state index contributed by atoms with van der Waals surface area (Å²) in [6.07, 6.45) is 0. The van der Waals surface area contributed by atoms with Gasteiger partial charge in [-0.05, 0) is 31.2 Å². The Labute approximate surface area is 173 Å². The van der Waals surface area contributed by atoms with Crippen LogP contribution < -0.4 is 28.5 Å². The van der Waals surface area contributed by atoms with Crippen LogP contribution in [0.4, 0.5) is 0 Å². The number of rotatable bonds is 3. The molecule has 0 unspecified atom stereocenters. The van der Waals surface area contributed by atoms with Gasteiger partial charge in [-0.1, -0.05) is 23.7 Å². The molecule has 4 rings (SSSR count). The molecule has 7 heteroatoms. The highest BCUT2D eigenvalue weighted by molar-refractivity contribution is 6.31. The maximum absolute atomic E-state index is 12.7. The predicted molar refractivity (Wildman–Crippen MR) is 94.4 cm³/mol. The number of imide groups is 1. The van der Waals surface area contributed by atoms with Crippen molar-refractivity contribution >= 4 is 34.4 Å². The minimum Gasteiger partial charge on any atom is -1.00 e. The number of halogens is 2. The van der Waals surface area contributed by atoms with Crippen LogP contribution in [0.25, 0.3) is 11.0 Å². The van der Waals surface area contributed by atoms with E-state index >= 15 is 0 Å². The number of aromatic nitrogens is 2. The molecule has 0 saturated carbocycles. The van der Waals surface area contributed by atoms with Crippen molar-refractivity contribution in [1.82, 2.24) is 9.47 Å². The molecule has 0 saturated heterocycles. The Morgan fingerprint density at radius 2 is 1.65 bits per heavy atom. The quantitative estimate of drug-likeness (QED) is 0.299. The molecule has 0 atom stereocenters. The van der Waals surface area contributed by atoms with Crippen LogP contribution in [0.2, 0.25) is 5.02 Å². The third-order valence-electron chi connectivity index (χ3n) is 4.78. The number of carbonyl (C=O) groups excluding carboxylic acids is 2. The van der Waals surface area contributed by atoms with Gasteiger partial charge in [-0.3, -0.25) is 14.5 Å². The molecular weight excluding hydrogens is 465 g/mol. The number of carbonyl (C=O) groups is 2. The molecule has 0 spiro atoms. The van der Waals surface area contributed by atoms with Crippen LogP contribution >= 0.6 is 11.6 Å². The summed E-state index contributed by atoms with van der Waals surface area (Å²) < 4.78 is 4.10. The monoisotopic (exact) mass is 481 g/mol. The van der Waals surface area contributed by atoms with E-state index < -0.39 is 0 Å².